The van der Waals surface area contributed by atoms with E-state index in [1.807, 2.05) is 21.0 Å². The molecule has 2 atom stereocenters. The lowest BCUT2D eigenvalue weighted by molar-refractivity contribution is -0.937. The number of halogens is 1. The molecule has 2 unspecified atom stereocenters. The van der Waals surface area contributed by atoms with Crippen molar-refractivity contribution in [2.24, 2.45) is 0 Å². The smallest absolute Gasteiger partial charge is 0.310 e. The maximum absolute atomic E-state index is 12.8. The van der Waals surface area contributed by atoms with E-state index in [4.69, 9.17) is 9.47 Å². The normalized spacial score (nSPS) is 13.1. The zero-order valence-electron chi connectivity index (χ0n) is 33.6. The summed E-state index contributed by atoms with van der Waals surface area (Å²) >= 11 is 0. The maximum Gasteiger partial charge on any atom is 0.310 e. The van der Waals surface area contributed by atoms with E-state index in [2.05, 4.69) is 38.2 Å². The van der Waals surface area contributed by atoms with Crippen LogP contribution in [0.2, 0.25) is 0 Å². The molecule has 0 aliphatic heterocycles. The molecule has 0 bridgehead atoms. The molecule has 296 valence electrons. The van der Waals surface area contributed by atoms with Gasteiger partial charge < -0.3 is 31.6 Å². The molecule has 0 aromatic carbocycles. The van der Waals surface area contributed by atoms with Crippen LogP contribution in [0.1, 0.15) is 201 Å². The molecule has 50 heavy (non-hydrogen) atoms. The highest BCUT2D eigenvalue weighted by Crippen LogP contribution is 2.19. The van der Waals surface area contributed by atoms with Gasteiger partial charge in [-0.1, -0.05) is 141 Å². The van der Waals surface area contributed by atoms with Crippen molar-refractivity contribution in [2.75, 3.05) is 27.2 Å². The molecule has 0 saturated carbocycles. The molecule has 0 aromatic heterocycles. The molecular weight excluding hydrogens is 690 g/mol. The SMILES string of the molecule is CCCCCCCCC=CCCCCCCCC(=O)OC(CO)C(OC(=O)CCCCCCCC=CCCCCCCCC)[N+](C)(C)CC.[Br-]. The van der Waals surface area contributed by atoms with Crippen LogP contribution in [0.25, 0.3) is 0 Å². The molecule has 0 aliphatic rings. The summed E-state index contributed by atoms with van der Waals surface area (Å²) < 4.78 is 11.9. The average Bonchev–Trinajstić information content (AvgIpc) is 3.09. The number of hydrogen-bond acceptors (Lipinski definition) is 5. The van der Waals surface area contributed by atoms with Gasteiger partial charge in [0.05, 0.1) is 27.2 Å². The molecule has 0 radical (unpaired) electrons. The number of allylic oxidation sites excluding steroid dienone is 4. The molecule has 0 aliphatic carbocycles. The second-order valence-corrected chi connectivity index (χ2v) is 14.9. The Morgan fingerprint density at radius 1 is 0.520 bits per heavy atom. The summed E-state index contributed by atoms with van der Waals surface area (Å²) in [5.74, 6) is -0.611. The molecule has 0 fully saturated rings. The molecule has 7 heteroatoms. The second-order valence-electron chi connectivity index (χ2n) is 14.9. The fraction of sp³-hybridized carbons (Fsp3) is 0.860. The Bertz CT molecular complexity index is 815. The third-order valence-electron chi connectivity index (χ3n) is 9.82. The molecule has 6 nitrogen and oxygen atoms in total. The van der Waals surface area contributed by atoms with Gasteiger partial charge in [0.2, 0.25) is 6.10 Å². The van der Waals surface area contributed by atoms with Gasteiger partial charge in [-0.3, -0.25) is 14.1 Å². The monoisotopic (exact) mass is 772 g/mol. The van der Waals surface area contributed by atoms with Crippen LogP contribution in [0.3, 0.4) is 0 Å². The highest BCUT2D eigenvalue weighted by atomic mass is 79.9. The third kappa shape index (κ3) is 31.5. The van der Waals surface area contributed by atoms with Crippen molar-refractivity contribution in [3.8, 4) is 0 Å². The predicted molar refractivity (Wildman–Crippen MR) is 208 cm³/mol. The van der Waals surface area contributed by atoms with Gasteiger partial charge in [-0.05, 0) is 71.1 Å². The highest BCUT2D eigenvalue weighted by Gasteiger charge is 2.40. The number of aliphatic hydroxyl groups is 1. The fourth-order valence-electron chi connectivity index (χ4n) is 6.14. The number of nitrogens with zero attached hydrogens (tertiary/aromatic N) is 1. The van der Waals surface area contributed by atoms with Gasteiger partial charge in [-0.15, -0.1) is 0 Å². The minimum Gasteiger partial charge on any atom is -1.00 e. The number of ether oxygens (including phenoxy) is 2. The predicted octanol–water partition coefficient (Wildman–Crippen LogP) is 8.94. The first-order chi connectivity index (χ1) is 23.8. The number of unbranched alkanes of at least 4 members (excludes halogenated alkanes) is 22. The van der Waals surface area contributed by atoms with Crippen molar-refractivity contribution in [1.29, 1.82) is 0 Å². The number of rotatable bonds is 36. The second kappa shape index (κ2) is 37.6. The topological polar surface area (TPSA) is 72.8 Å². The number of aliphatic hydroxyl groups excluding tert-OH is 1. The van der Waals surface area contributed by atoms with Crippen LogP contribution in [0.4, 0.5) is 0 Å². The van der Waals surface area contributed by atoms with E-state index in [-0.39, 0.29) is 35.5 Å². The maximum atomic E-state index is 12.8. The molecule has 1 N–H and O–H groups in total. The number of likely N-dealkylation sites (N-methyl/N-ethyl adjacent to an activating group) is 1. The number of hydrogen-bond donors (Lipinski definition) is 1. The first-order valence-corrected chi connectivity index (χ1v) is 20.9. The minimum absolute atomic E-state index is 0. The summed E-state index contributed by atoms with van der Waals surface area (Å²) in [7, 11) is 3.89. The first kappa shape index (κ1) is 50.9. The Morgan fingerprint density at radius 3 is 1.18 bits per heavy atom. The summed E-state index contributed by atoms with van der Waals surface area (Å²) in [6.07, 6.45) is 39.8. The van der Waals surface area contributed by atoms with Crippen LogP contribution >= 0.6 is 0 Å². The van der Waals surface area contributed by atoms with Gasteiger partial charge in [0.25, 0.3) is 6.23 Å². The molecule has 0 rings (SSSR count). The Labute approximate surface area is 321 Å². The van der Waals surface area contributed by atoms with Crippen LogP contribution in [0.15, 0.2) is 24.3 Å². The van der Waals surface area contributed by atoms with Gasteiger partial charge in [0.1, 0.15) is 0 Å². The Hall–Kier alpha value is -1.18. The zero-order chi connectivity index (χ0) is 36.3. The van der Waals surface area contributed by atoms with Crippen molar-refractivity contribution in [1.82, 2.24) is 0 Å². The van der Waals surface area contributed by atoms with E-state index in [0.29, 0.717) is 23.9 Å². The van der Waals surface area contributed by atoms with Crippen molar-refractivity contribution in [3.63, 3.8) is 0 Å². The van der Waals surface area contributed by atoms with E-state index >= 15 is 0 Å². The molecule has 0 saturated heterocycles. The summed E-state index contributed by atoms with van der Waals surface area (Å²) in [5.41, 5.74) is 0. The standard InChI is InChI=1S/C43H82NO5.BrH/c1-6-9-11-13-15-17-19-21-23-25-27-29-31-33-35-37-41(46)48-40(39-45)43(44(4,5)8-3)49-42(47)38-36-34-32-30-28-26-24-22-20-18-16-14-12-10-7-2;/h21-24,40,43,45H,6-20,25-39H2,1-5H3;1H/q+1;/p-1. The third-order valence-corrected chi connectivity index (χ3v) is 9.82. The Balaban J connectivity index is 0. The van der Waals surface area contributed by atoms with E-state index in [0.717, 1.165) is 51.4 Å². The zero-order valence-corrected chi connectivity index (χ0v) is 35.2. The lowest BCUT2D eigenvalue weighted by atomic mass is 10.1. The lowest BCUT2D eigenvalue weighted by Crippen LogP contribution is -3.00. The summed E-state index contributed by atoms with van der Waals surface area (Å²) in [4.78, 5) is 25.5. The van der Waals surface area contributed by atoms with E-state index in [1.54, 1.807) is 0 Å². The summed E-state index contributed by atoms with van der Waals surface area (Å²) in [5, 5.41) is 10.1. The quantitative estimate of drug-likeness (QED) is 0.0227. The van der Waals surface area contributed by atoms with Gasteiger partial charge in [0.15, 0.2) is 0 Å². The van der Waals surface area contributed by atoms with Gasteiger partial charge in [-0.25, -0.2) is 0 Å². The number of carbonyl (C=O) groups excluding carboxylic acids is 2. The van der Waals surface area contributed by atoms with Crippen molar-refractivity contribution in [3.05, 3.63) is 24.3 Å². The number of esters is 2. The molecule has 0 amide bonds. The number of carbonyl (C=O) groups is 2. The van der Waals surface area contributed by atoms with Crippen LogP contribution < -0.4 is 17.0 Å². The Kier molecular flexibility index (Phi) is 38.3. The molecule has 0 aromatic rings. The van der Waals surface area contributed by atoms with Gasteiger partial charge in [0, 0.05) is 12.8 Å². The first-order valence-electron chi connectivity index (χ1n) is 20.9. The number of quaternary nitrogens is 1. The largest absolute Gasteiger partial charge is 1.00 e. The summed E-state index contributed by atoms with van der Waals surface area (Å²) in [6, 6.07) is 0. The van der Waals surface area contributed by atoms with Crippen molar-refractivity contribution < 1.29 is 45.6 Å². The van der Waals surface area contributed by atoms with Crippen LogP contribution in [-0.4, -0.2) is 61.1 Å². The highest BCUT2D eigenvalue weighted by molar-refractivity contribution is 5.70. The van der Waals surface area contributed by atoms with E-state index in [1.165, 1.54) is 116 Å². The van der Waals surface area contributed by atoms with E-state index < -0.39 is 12.3 Å². The van der Waals surface area contributed by atoms with Crippen molar-refractivity contribution in [2.45, 2.75) is 213 Å². The molecular formula is C43H82BrNO5. The summed E-state index contributed by atoms with van der Waals surface area (Å²) in [6.45, 7) is 6.83. The molecule has 0 spiro atoms. The fourth-order valence-corrected chi connectivity index (χ4v) is 6.14. The van der Waals surface area contributed by atoms with Crippen molar-refractivity contribution >= 4 is 11.9 Å². The minimum atomic E-state index is -0.872. The van der Waals surface area contributed by atoms with Gasteiger partial charge >= 0.3 is 11.9 Å². The van der Waals surface area contributed by atoms with Crippen LogP contribution in [-0.2, 0) is 19.1 Å². The Morgan fingerprint density at radius 2 is 0.840 bits per heavy atom. The lowest BCUT2D eigenvalue weighted by Gasteiger charge is -2.39. The van der Waals surface area contributed by atoms with Crippen LogP contribution in [0.5, 0.6) is 0 Å². The van der Waals surface area contributed by atoms with E-state index in [9.17, 15) is 14.7 Å². The average molecular weight is 773 g/mol. The van der Waals surface area contributed by atoms with Gasteiger partial charge in [-0.2, -0.15) is 0 Å². The van der Waals surface area contributed by atoms with Crippen LogP contribution in [0, 0.1) is 0 Å². The molecule has 0 heterocycles.